The summed E-state index contributed by atoms with van der Waals surface area (Å²) in [4.78, 5) is 25.2. The highest BCUT2D eigenvalue weighted by atomic mass is 32.2. The van der Waals surface area contributed by atoms with Crippen molar-refractivity contribution in [2.24, 2.45) is 0 Å². The van der Waals surface area contributed by atoms with Crippen LogP contribution in [0.5, 0.6) is 0 Å². The Morgan fingerprint density at radius 3 is 2.55 bits per heavy atom. The highest BCUT2D eigenvalue weighted by Crippen LogP contribution is 2.27. The van der Waals surface area contributed by atoms with Crippen LogP contribution in [0.15, 0.2) is 47.6 Å². The number of sulfonamides is 1. The van der Waals surface area contributed by atoms with Crippen molar-refractivity contribution in [2.45, 2.75) is 62.0 Å². The van der Waals surface area contributed by atoms with Gasteiger partial charge >= 0.3 is 0 Å². The van der Waals surface area contributed by atoms with Crippen LogP contribution in [-0.2, 0) is 26.2 Å². The van der Waals surface area contributed by atoms with Gasteiger partial charge in [0.15, 0.2) is 0 Å². The van der Waals surface area contributed by atoms with Gasteiger partial charge in [-0.25, -0.2) is 8.42 Å². The van der Waals surface area contributed by atoms with Crippen molar-refractivity contribution in [1.82, 2.24) is 19.4 Å². The lowest BCUT2D eigenvalue weighted by Gasteiger charge is -2.23. The van der Waals surface area contributed by atoms with Crippen LogP contribution >= 0.6 is 0 Å². The SMILES string of the molecule is O=C(Cn1cc(NC(=O)C2CCCN2S(=O)(=O)c2ccccc2)cn1)NC1CCCC1. The Morgan fingerprint density at radius 2 is 1.81 bits per heavy atom. The Hall–Kier alpha value is -2.72. The first kappa shape index (κ1) is 21.5. The number of nitrogens with one attached hydrogen (secondary N) is 2. The third-order valence-corrected chi connectivity index (χ3v) is 7.71. The van der Waals surface area contributed by atoms with Gasteiger partial charge in [-0.15, -0.1) is 0 Å². The van der Waals surface area contributed by atoms with Gasteiger partial charge in [-0.1, -0.05) is 31.0 Å². The molecule has 10 heteroatoms. The average Bonchev–Trinajstić information content (AvgIpc) is 3.51. The van der Waals surface area contributed by atoms with Crippen LogP contribution in [0.4, 0.5) is 5.69 Å². The summed E-state index contributed by atoms with van der Waals surface area (Å²) in [5.74, 6) is -0.504. The van der Waals surface area contributed by atoms with E-state index in [9.17, 15) is 18.0 Å². The molecule has 0 radical (unpaired) electrons. The number of hydrogen-bond acceptors (Lipinski definition) is 5. The number of anilines is 1. The molecule has 2 heterocycles. The molecule has 31 heavy (non-hydrogen) atoms. The van der Waals surface area contributed by atoms with Crippen molar-refractivity contribution in [3.63, 3.8) is 0 Å². The fourth-order valence-corrected chi connectivity index (χ4v) is 5.93. The van der Waals surface area contributed by atoms with Gasteiger partial charge in [0.1, 0.15) is 12.6 Å². The number of amides is 2. The van der Waals surface area contributed by atoms with Crippen molar-refractivity contribution in [2.75, 3.05) is 11.9 Å². The third kappa shape index (κ3) is 4.96. The zero-order valence-corrected chi connectivity index (χ0v) is 18.1. The number of nitrogens with zero attached hydrogens (tertiary/aromatic N) is 3. The molecule has 2 aromatic rings. The van der Waals surface area contributed by atoms with Crippen LogP contribution in [0, 0.1) is 0 Å². The Balaban J connectivity index is 1.37. The summed E-state index contributed by atoms with van der Waals surface area (Å²) < 4.78 is 28.6. The largest absolute Gasteiger partial charge is 0.352 e. The lowest BCUT2D eigenvalue weighted by atomic mass is 10.2. The van der Waals surface area contributed by atoms with Crippen LogP contribution in [0.1, 0.15) is 38.5 Å². The maximum absolute atomic E-state index is 13.0. The van der Waals surface area contributed by atoms with Gasteiger partial charge in [0.2, 0.25) is 21.8 Å². The summed E-state index contributed by atoms with van der Waals surface area (Å²) in [7, 11) is -3.75. The molecule has 2 aliphatic rings. The molecule has 1 unspecified atom stereocenters. The number of benzene rings is 1. The Morgan fingerprint density at radius 1 is 1.06 bits per heavy atom. The monoisotopic (exact) mass is 445 g/mol. The van der Waals surface area contributed by atoms with Gasteiger partial charge in [0, 0.05) is 18.8 Å². The van der Waals surface area contributed by atoms with Crippen LogP contribution < -0.4 is 10.6 Å². The molecule has 4 rings (SSSR count). The highest BCUT2D eigenvalue weighted by Gasteiger charge is 2.39. The Bertz CT molecular complexity index is 1030. The molecule has 1 aliphatic carbocycles. The molecule has 0 spiro atoms. The molecule has 1 atom stereocenters. The van der Waals surface area contributed by atoms with Gasteiger partial charge in [0.25, 0.3) is 0 Å². The molecule has 1 saturated carbocycles. The second kappa shape index (κ2) is 9.19. The Labute approximate surface area is 181 Å². The molecule has 2 amide bonds. The third-order valence-electron chi connectivity index (χ3n) is 5.78. The summed E-state index contributed by atoms with van der Waals surface area (Å²) in [6.45, 7) is 0.375. The van der Waals surface area contributed by atoms with Gasteiger partial charge in [-0.05, 0) is 37.8 Å². The van der Waals surface area contributed by atoms with Gasteiger partial charge in [-0.2, -0.15) is 9.40 Å². The summed E-state index contributed by atoms with van der Waals surface area (Å²) in [5.41, 5.74) is 0.433. The van der Waals surface area contributed by atoms with E-state index in [2.05, 4.69) is 15.7 Å². The lowest BCUT2D eigenvalue weighted by Crippen LogP contribution is -2.43. The van der Waals surface area contributed by atoms with Crippen LogP contribution in [0.3, 0.4) is 0 Å². The first-order valence-corrected chi connectivity index (χ1v) is 12.1. The quantitative estimate of drug-likeness (QED) is 0.674. The molecule has 166 valence electrons. The summed E-state index contributed by atoms with van der Waals surface area (Å²) in [6.07, 6.45) is 8.41. The predicted molar refractivity (Wildman–Crippen MR) is 115 cm³/mol. The van der Waals surface area contributed by atoms with Gasteiger partial charge in [-0.3, -0.25) is 14.3 Å². The van der Waals surface area contributed by atoms with Crippen molar-refractivity contribution >= 4 is 27.5 Å². The van der Waals surface area contributed by atoms with E-state index >= 15 is 0 Å². The van der Waals surface area contributed by atoms with Crippen molar-refractivity contribution in [1.29, 1.82) is 0 Å². The zero-order chi connectivity index (χ0) is 21.8. The van der Waals surface area contributed by atoms with E-state index in [0.717, 1.165) is 25.7 Å². The molecular weight excluding hydrogens is 418 g/mol. The molecule has 2 N–H and O–H groups in total. The summed E-state index contributed by atoms with van der Waals surface area (Å²) in [5, 5.41) is 9.88. The van der Waals surface area contributed by atoms with Crippen molar-refractivity contribution in [3.8, 4) is 0 Å². The van der Waals surface area contributed by atoms with E-state index in [1.165, 1.54) is 27.3 Å². The van der Waals surface area contributed by atoms with E-state index < -0.39 is 22.0 Å². The lowest BCUT2D eigenvalue weighted by molar-refractivity contribution is -0.122. The number of carbonyl (C=O) groups excluding carboxylic acids is 2. The topological polar surface area (TPSA) is 113 Å². The molecule has 1 aliphatic heterocycles. The molecule has 0 bridgehead atoms. The number of aromatic nitrogens is 2. The van der Waals surface area contributed by atoms with E-state index in [4.69, 9.17) is 0 Å². The fraction of sp³-hybridized carbons (Fsp3) is 0.476. The summed E-state index contributed by atoms with van der Waals surface area (Å²) in [6, 6.07) is 7.59. The Kier molecular flexibility index (Phi) is 6.38. The standard InChI is InChI=1S/C21H27N5O4S/c27-20(23-16-7-4-5-8-16)15-25-14-17(13-22-25)24-21(28)19-11-6-12-26(19)31(29,30)18-9-2-1-3-10-18/h1-3,9-10,13-14,16,19H,4-8,11-12,15H2,(H,23,27)(H,24,28). The first-order valence-electron chi connectivity index (χ1n) is 10.6. The average molecular weight is 446 g/mol. The second-order valence-corrected chi connectivity index (χ2v) is 9.94. The number of hydrogen-bond donors (Lipinski definition) is 2. The van der Waals surface area contributed by atoms with E-state index in [1.54, 1.807) is 24.4 Å². The minimum atomic E-state index is -3.75. The molecular formula is C21H27N5O4S. The van der Waals surface area contributed by atoms with Crippen LogP contribution in [0.25, 0.3) is 0 Å². The van der Waals surface area contributed by atoms with Gasteiger partial charge in [0.05, 0.1) is 16.8 Å². The summed E-state index contributed by atoms with van der Waals surface area (Å²) >= 11 is 0. The minimum absolute atomic E-state index is 0.0737. The maximum atomic E-state index is 13.0. The van der Waals surface area contributed by atoms with Crippen LogP contribution in [0.2, 0.25) is 0 Å². The van der Waals surface area contributed by atoms with Crippen LogP contribution in [-0.4, -0.2) is 52.9 Å². The predicted octanol–water partition coefficient (Wildman–Crippen LogP) is 1.73. The van der Waals surface area contributed by atoms with Crippen molar-refractivity contribution < 1.29 is 18.0 Å². The molecule has 1 aromatic heterocycles. The first-order chi connectivity index (χ1) is 14.9. The highest BCUT2D eigenvalue weighted by molar-refractivity contribution is 7.89. The fourth-order valence-electron chi connectivity index (χ4n) is 4.25. The normalized spacial score (nSPS) is 20.1. The van der Waals surface area contributed by atoms with Crippen molar-refractivity contribution in [3.05, 3.63) is 42.7 Å². The number of carbonyl (C=O) groups is 2. The minimum Gasteiger partial charge on any atom is -0.352 e. The smallest absolute Gasteiger partial charge is 0.243 e. The van der Waals surface area contributed by atoms with E-state index in [1.807, 2.05) is 0 Å². The van der Waals surface area contributed by atoms with Gasteiger partial charge < -0.3 is 10.6 Å². The van der Waals surface area contributed by atoms with E-state index in [-0.39, 0.29) is 23.4 Å². The molecule has 9 nitrogen and oxygen atoms in total. The zero-order valence-electron chi connectivity index (χ0n) is 17.2. The molecule has 1 saturated heterocycles. The number of rotatable bonds is 7. The second-order valence-electron chi connectivity index (χ2n) is 8.05. The molecule has 2 fully saturated rings. The van der Waals surface area contributed by atoms with E-state index in [0.29, 0.717) is 25.1 Å². The maximum Gasteiger partial charge on any atom is 0.243 e. The molecule has 1 aromatic carbocycles.